The molecule has 5 N–H and O–H groups in total. The molecule has 1 heterocycles. The number of nitrogens with one attached hydrogen (secondary N) is 2. The second-order valence-corrected chi connectivity index (χ2v) is 9.32. The second kappa shape index (κ2) is 12.5. The summed E-state index contributed by atoms with van der Waals surface area (Å²) < 4.78 is 23.1. The lowest BCUT2D eigenvalue weighted by Gasteiger charge is -2.26. The third kappa shape index (κ3) is 6.86. The summed E-state index contributed by atoms with van der Waals surface area (Å²) >= 11 is 2.09. The molecule has 0 saturated carbocycles. The number of phenolic OH excluding ortho intramolecular Hbond substituents is 1. The molecule has 3 aromatic rings. The van der Waals surface area contributed by atoms with E-state index in [0.717, 1.165) is 3.57 Å². The maximum Gasteiger partial charge on any atom is 0.412 e. The van der Waals surface area contributed by atoms with E-state index in [4.69, 9.17) is 24.7 Å². The Kier molecular flexibility index (Phi) is 8.92. The number of hydrogen-bond donors (Lipinski definition) is 4. The maximum absolute atomic E-state index is 13.0. The lowest BCUT2D eigenvalue weighted by molar-refractivity contribution is -0.112. The Morgan fingerprint density at radius 3 is 2.68 bits per heavy atom. The van der Waals surface area contributed by atoms with Gasteiger partial charge in [-0.3, -0.25) is 10.1 Å². The smallest absolute Gasteiger partial charge is 0.412 e. The van der Waals surface area contributed by atoms with Gasteiger partial charge in [-0.15, -0.1) is 0 Å². The van der Waals surface area contributed by atoms with E-state index >= 15 is 0 Å². The summed E-state index contributed by atoms with van der Waals surface area (Å²) in [6.45, 7) is 2.12. The predicted molar refractivity (Wildman–Crippen MR) is 150 cm³/mol. The summed E-state index contributed by atoms with van der Waals surface area (Å²) in [5.74, 6) is 0.520. The number of anilines is 3. The van der Waals surface area contributed by atoms with Crippen LogP contribution in [-0.2, 0) is 14.3 Å². The fraction of sp³-hybridized carbons (Fsp3) is 0.185. The molecule has 1 aliphatic heterocycles. The Morgan fingerprint density at radius 2 is 1.89 bits per heavy atom. The van der Waals surface area contributed by atoms with E-state index in [1.54, 1.807) is 61.5 Å². The first-order valence-corrected chi connectivity index (χ1v) is 12.7. The zero-order chi connectivity index (χ0) is 27.1. The molecule has 0 aromatic heterocycles. The van der Waals surface area contributed by atoms with E-state index in [-0.39, 0.29) is 19.1 Å². The van der Waals surface area contributed by atoms with Gasteiger partial charge in [0.05, 0.1) is 11.4 Å². The topological polar surface area (TPSA) is 141 Å². The van der Waals surface area contributed by atoms with E-state index < -0.39 is 24.2 Å². The van der Waals surface area contributed by atoms with Crippen molar-refractivity contribution in [3.63, 3.8) is 0 Å². The molecule has 0 fully saturated rings. The molecule has 0 radical (unpaired) electrons. The summed E-state index contributed by atoms with van der Waals surface area (Å²) in [5, 5.41) is 16.0. The van der Waals surface area contributed by atoms with E-state index in [0.29, 0.717) is 34.1 Å². The molecule has 10 nitrogen and oxygen atoms in total. The third-order valence-corrected chi connectivity index (χ3v) is 6.13. The predicted octanol–water partition coefficient (Wildman–Crippen LogP) is 5.20. The minimum absolute atomic E-state index is 0.0918. The molecule has 0 aliphatic carbocycles. The molecule has 2 atom stereocenters. The zero-order valence-electron chi connectivity index (χ0n) is 20.3. The van der Waals surface area contributed by atoms with Crippen LogP contribution in [-0.4, -0.2) is 36.6 Å². The summed E-state index contributed by atoms with van der Waals surface area (Å²) in [6, 6.07) is 16.7. The molecule has 1 aliphatic rings. The van der Waals surface area contributed by atoms with Crippen molar-refractivity contribution in [3.05, 3.63) is 81.9 Å². The standard InChI is InChI=1S/C27H26IN3O7/c1-2-35-23(11-12-25(33)31-20-6-4-3-5-19(20)29)26(18-13-16(28)7-9-21(18)32)38-27(34)30-17-8-10-22-24(14-17)37-15-36-22/h3-14,23,26,32H,2,15,29H2,1H3,(H,30,34)(H,31,33)/b12-11+/t23-,26-/m1/s1. The summed E-state index contributed by atoms with van der Waals surface area (Å²) in [7, 11) is 0. The molecule has 0 saturated heterocycles. The van der Waals surface area contributed by atoms with Gasteiger partial charge in [0.25, 0.3) is 0 Å². The van der Waals surface area contributed by atoms with E-state index in [1.165, 1.54) is 18.2 Å². The van der Waals surface area contributed by atoms with Crippen molar-refractivity contribution in [2.24, 2.45) is 0 Å². The third-order valence-electron chi connectivity index (χ3n) is 5.46. The van der Waals surface area contributed by atoms with E-state index in [1.807, 2.05) is 0 Å². The van der Waals surface area contributed by atoms with Crippen LogP contribution in [0.15, 0.2) is 72.8 Å². The van der Waals surface area contributed by atoms with Crippen LogP contribution < -0.4 is 25.8 Å². The van der Waals surface area contributed by atoms with Crippen molar-refractivity contribution >= 4 is 51.7 Å². The Bertz CT molecular complexity index is 1350. The van der Waals surface area contributed by atoms with Gasteiger partial charge in [-0.1, -0.05) is 12.1 Å². The number of carbonyl (C=O) groups is 2. The lowest BCUT2D eigenvalue weighted by Crippen LogP contribution is -2.28. The van der Waals surface area contributed by atoms with Crippen LogP contribution in [0.2, 0.25) is 0 Å². The number of fused-ring (bicyclic) bond motifs is 1. The molecule has 0 spiro atoms. The first-order valence-electron chi connectivity index (χ1n) is 11.6. The van der Waals surface area contributed by atoms with Gasteiger partial charge in [0.1, 0.15) is 11.9 Å². The van der Waals surface area contributed by atoms with Crippen LogP contribution in [0.1, 0.15) is 18.6 Å². The number of halogens is 1. The Labute approximate surface area is 232 Å². The van der Waals surface area contributed by atoms with Crippen molar-refractivity contribution in [2.75, 3.05) is 29.8 Å². The highest BCUT2D eigenvalue weighted by Gasteiger charge is 2.29. The molecule has 11 heteroatoms. The van der Waals surface area contributed by atoms with Crippen molar-refractivity contribution in [1.82, 2.24) is 0 Å². The van der Waals surface area contributed by atoms with Crippen molar-refractivity contribution in [1.29, 1.82) is 0 Å². The average Bonchev–Trinajstić information content (AvgIpc) is 3.36. The fourth-order valence-electron chi connectivity index (χ4n) is 3.70. The van der Waals surface area contributed by atoms with Crippen LogP contribution in [0.5, 0.6) is 17.2 Å². The highest BCUT2D eigenvalue weighted by atomic mass is 127. The van der Waals surface area contributed by atoms with Crippen LogP contribution in [0, 0.1) is 3.57 Å². The van der Waals surface area contributed by atoms with E-state index in [9.17, 15) is 14.7 Å². The first kappa shape index (κ1) is 27.1. The average molecular weight is 631 g/mol. The number of para-hydroxylation sites is 2. The number of amides is 2. The number of aromatic hydroxyl groups is 1. The summed E-state index contributed by atoms with van der Waals surface area (Å²) in [4.78, 5) is 25.6. The van der Waals surface area contributed by atoms with Gasteiger partial charge in [0, 0.05) is 33.6 Å². The van der Waals surface area contributed by atoms with E-state index in [2.05, 4.69) is 33.2 Å². The number of phenols is 1. The number of nitrogen functional groups attached to an aromatic ring is 1. The monoisotopic (exact) mass is 631 g/mol. The van der Waals surface area contributed by atoms with Gasteiger partial charge >= 0.3 is 6.09 Å². The minimum atomic E-state index is -1.09. The quantitative estimate of drug-likeness (QED) is 0.144. The molecule has 0 bridgehead atoms. The van der Waals surface area contributed by atoms with Gasteiger partial charge in [-0.05, 0) is 78.1 Å². The molecule has 38 heavy (non-hydrogen) atoms. The molecular formula is C27H26IN3O7. The van der Waals surface area contributed by atoms with Gasteiger partial charge < -0.3 is 35.1 Å². The highest BCUT2D eigenvalue weighted by Crippen LogP contribution is 2.36. The zero-order valence-corrected chi connectivity index (χ0v) is 22.5. The molecule has 3 aromatic carbocycles. The maximum atomic E-state index is 13.0. The number of carbonyl (C=O) groups excluding carboxylic acids is 2. The highest BCUT2D eigenvalue weighted by molar-refractivity contribution is 14.1. The van der Waals surface area contributed by atoms with Crippen molar-refractivity contribution in [2.45, 2.75) is 19.1 Å². The van der Waals surface area contributed by atoms with Gasteiger partial charge in [-0.25, -0.2) is 4.79 Å². The lowest BCUT2D eigenvalue weighted by atomic mass is 10.0. The number of hydrogen-bond acceptors (Lipinski definition) is 8. The van der Waals surface area contributed by atoms with Gasteiger partial charge in [0.15, 0.2) is 17.6 Å². The largest absolute Gasteiger partial charge is 0.508 e. The van der Waals surface area contributed by atoms with Crippen molar-refractivity contribution < 1.29 is 33.6 Å². The minimum Gasteiger partial charge on any atom is -0.508 e. The molecule has 0 unspecified atom stereocenters. The van der Waals surface area contributed by atoms with Gasteiger partial charge in [-0.2, -0.15) is 0 Å². The number of rotatable bonds is 9. The van der Waals surface area contributed by atoms with Crippen LogP contribution >= 0.6 is 22.6 Å². The van der Waals surface area contributed by atoms with Crippen LogP contribution in [0.4, 0.5) is 21.9 Å². The number of benzene rings is 3. The normalized spacial score (nSPS) is 13.6. The Hall–Kier alpha value is -3.97. The number of nitrogens with two attached hydrogens (primary N) is 1. The SMILES string of the molecule is CCO[C@H](/C=C/C(=O)Nc1ccccc1N)[C@H](OC(=O)Nc1ccc2c(c1)OCO2)c1cc(I)ccc1O. The summed E-state index contributed by atoms with van der Waals surface area (Å²) in [5.41, 5.74) is 7.52. The molecular weight excluding hydrogens is 605 g/mol. The first-order chi connectivity index (χ1) is 18.3. The van der Waals surface area contributed by atoms with Crippen LogP contribution in [0.25, 0.3) is 0 Å². The van der Waals surface area contributed by atoms with Gasteiger partial charge in [0.2, 0.25) is 12.7 Å². The second-order valence-electron chi connectivity index (χ2n) is 8.08. The van der Waals surface area contributed by atoms with Crippen molar-refractivity contribution in [3.8, 4) is 17.2 Å². The summed E-state index contributed by atoms with van der Waals surface area (Å²) in [6.07, 6.45) is -0.0682. The molecule has 198 valence electrons. The van der Waals surface area contributed by atoms with Crippen LogP contribution in [0.3, 0.4) is 0 Å². The fourth-order valence-corrected chi connectivity index (χ4v) is 4.22. The Balaban J connectivity index is 1.56. The number of ether oxygens (including phenoxy) is 4. The molecule has 4 rings (SSSR count). The Morgan fingerprint density at radius 1 is 1.11 bits per heavy atom. The molecule has 2 amide bonds.